The van der Waals surface area contributed by atoms with E-state index in [9.17, 15) is 14.4 Å². The second-order valence-electron chi connectivity index (χ2n) is 4.38. The first-order valence-corrected chi connectivity index (χ1v) is 6.00. The number of hydrogen-bond donors (Lipinski definition) is 3. The number of amides is 3. The first-order chi connectivity index (χ1) is 8.50. The van der Waals surface area contributed by atoms with E-state index in [-0.39, 0.29) is 18.6 Å². The highest BCUT2D eigenvalue weighted by molar-refractivity contribution is 5.86. The van der Waals surface area contributed by atoms with Crippen molar-refractivity contribution in [1.29, 1.82) is 0 Å². The van der Waals surface area contributed by atoms with Gasteiger partial charge in [-0.1, -0.05) is 12.8 Å². The summed E-state index contributed by atoms with van der Waals surface area (Å²) >= 11 is 0. The Morgan fingerprint density at radius 2 is 1.78 bits per heavy atom. The van der Waals surface area contributed by atoms with Gasteiger partial charge in [-0.15, -0.1) is 0 Å². The second kappa shape index (κ2) is 6.83. The van der Waals surface area contributed by atoms with Gasteiger partial charge in [-0.2, -0.15) is 0 Å². The molecule has 0 aromatic rings. The van der Waals surface area contributed by atoms with E-state index in [1.165, 1.54) is 0 Å². The smallest absolute Gasteiger partial charge is 0.322 e. The molecular weight excluding hydrogens is 238 g/mol. The van der Waals surface area contributed by atoms with E-state index in [1.54, 1.807) is 11.9 Å². The summed E-state index contributed by atoms with van der Waals surface area (Å²) in [6.07, 6.45) is 4.24. The van der Waals surface area contributed by atoms with Gasteiger partial charge in [0.25, 0.3) is 0 Å². The van der Waals surface area contributed by atoms with Crippen molar-refractivity contribution in [3.8, 4) is 0 Å². The Balaban J connectivity index is 2.23. The molecule has 3 amide bonds. The summed E-state index contributed by atoms with van der Waals surface area (Å²) in [6.45, 7) is -0.643. The van der Waals surface area contributed by atoms with Gasteiger partial charge in [0.1, 0.15) is 6.54 Å². The Morgan fingerprint density at radius 3 is 2.33 bits per heavy atom. The molecule has 0 heterocycles. The molecule has 0 aromatic carbocycles. The Kier molecular flexibility index (Phi) is 5.41. The summed E-state index contributed by atoms with van der Waals surface area (Å²) in [5.41, 5.74) is 0. The minimum Gasteiger partial charge on any atom is -0.480 e. The van der Waals surface area contributed by atoms with Gasteiger partial charge in [0.05, 0.1) is 6.54 Å². The quantitative estimate of drug-likeness (QED) is 0.633. The average molecular weight is 257 g/mol. The maximum atomic E-state index is 11.7. The fourth-order valence-corrected chi connectivity index (χ4v) is 1.97. The van der Waals surface area contributed by atoms with Gasteiger partial charge < -0.3 is 20.6 Å². The molecule has 1 aliphatic carbocycles. The van der Waals surface area contributed by atoms with Crippen LogP contribution in [0.15, 0.2) is 0 Å². The van der Waals surface area contributed by atoms with Crippen molar-refractivity contribution in [2.45, 2.75) is 31.7 Å². The maximum absolute atomic E-state index is 11.7. The van der Waals surface area contributed by atoms with Gasteiger partial charge in [-0.3, -0.25) is 9.59 Å². The Bertz CT molecular complexity index is 326. The first kappa shape index (κ1) is 14.3. The summed E-state index contributed by atoms with van der Waals surface area (Å²) in [5.74, 6) is -1.62. The van der Waals surface area contributed by atoms with Gasteiger partial charge >= 0.3 is 12.0 Å². The molecule has 0 spiro atoms. The van der Waals surface area contributed by atoms with Crippen LogP contribution in [0.4, 0.5) is 4.79 Å². The second-order valence-corrected chi connectivity index (χ2v) is 4.38. The lowest BCUT2D eigenvalue weighted by Gasteiger charge is -2.24. The molecule has 3 N–H and O–H groups in total. The van der Waals surface area contributed by atoms with Crippen LogP contribution in [-0.4, -0.2) is 54.1 Å². The van der Waals surface area contributed by atoms with E-state index in [2.05, 4.69) is 10.6 Å². The summed E-state index contributed by atoms with van der Waals surface area (Å²) < 4.78 is 0. The average Bonchev–Trinajstić information content (AvgIpc) is 2.86. The third-order valence-electron chi connectivity index (χ3n) is 3.03. The lowest BCUT2D eigenvalue weighted by molar-refractivity contribution is -0.137. The van der Waals surface area contributed by atoms with Crippen LogP contribution in [0.2, 0.25) is 0 Å². The zero-order valence-electron chi connectivity index (χ0n) is 10.4. The van der Waals surface area contributed by atoms with Gasteiger partial charge in [-0.25, -0.2) is 4.79 Å². The highest BCUT2D eigenvalue weighted by Gasteiger charge is 2.23. The number of carboxylic acids is 1. The van der Waals surface area contributed by atoms with Crippen molar-refractivity contribution in [2.24, 2.45) is 0 Å². The van der Waals surface area contributed by atoms with E-state index in [0.29, 0.717) is 0 Å². The SMILES string of the molecule is CN(C(=O)NCC(=O)NCC(=O)O)C1CCCC1. The minimum absolute atomic E-state index is 0.205. The van der Waals surface area contributed by atoms with Crippen LogP contribution in [0.5, 0.6) is 0 Å². The largest absolute Gasteiger partial charge is 0.480 e. The summed E-state index contributed by atoms with van der Waals surface area (Å²) in [4.78, 5) is 34.7. The molecule has 1 aliphatic rings. The van der Waals surface area contributed by atoms with Gasteiger partial charge in [-0.05, 0) is 12.8 Å². The topological polar surface area (TPSA) is 98.7 Å². The number of hydrogen-bond acceptors (Lipinski definition) is 3. The Morgan fingerprint density at radius 1 is 1.17 bits per heavy atom. The fraction of sp³-hybridized carbons (Fsp3) is 0.727. The number of rotatable bonds is 5. The molecule has 18 heavy (non-hydrogen) atoms. The summed E-state index contributed by atoms with van der Waals surface area (Å²) in [5, 5.41) is 13.0. The van der Waals surface area contributed by atoms with E-state index >= 15 is 0 Å². The van der Waals surface area contributed by atoms with Crippen molar-refractivity contribution in [3.05, 3.63) is 0 Å². The molecule has 0 bridgehead atoms. The van der Waals surface area contributed by atoms with E-state index in [4.69, 9.17) is 5.11 Å². The highest BCUT2D eigenvalue weighted by Crippen LogP contribution is 2.22. The van der Waals surface area contributed by atoms with Crippen molar-refractivity contribution >= 4 is 17.9 Å². The fourth-order valence-electron chi connectivity index (χ4n) is 1.97. The molecule has 7 heteroatoms. The van der Waals surface area contributed by atoms with Crippen LogP contribution in [0.3, 0.4) is 0 Å². The summed E-state index contributed by atoms with van der Waals surface area (Å²) in [6, 6.07) is -0.0561. The molecule has 1 rings (SSSR count). The predicted molar refractivity (Wildman–Crippen MR) is 64.1 cm³/mol. The molecule has 7 nitrogen and oxygen atoms in total. The minimum atomic E-state index is -1.11. The Labute approximate surface area is 106 Å². The molecule has 0 radical (unpaired) electrons. The Hall–Kier alpha value is -1.79. The molecule has 0 saturated heterocycles. The van der Waals surface area contributed by atoms with Crippen LogP contribution in [-0.2, 0) is 9.59 Å². The zero-order valence-corrected chi connectivity index (χ0v) is 10.4. The molecule has 102 valence electrons. The molecular formula is C11H19N3O4. The van der Waals surface area contributed by atoms with E-state index in [1.807, 2.05) is 0 Å². The molecule has 0 atom stereocenters. The number of urea groups is 1. The molecule has 0 aliphatic heterocycles. The number of carbonyl (C=O) groups is 3. The molecule has 1 fully saturated rings. The van der Waals surface area contributed by atoms with Crippen molar-refractivity contribution in [3.63, 3.8) is 0 Å². The lowest BCUT2D eigenvalue weighted by atomic mass is 10.2. The van der Waals surface area contributed by atoms with Crippen LogP contribution < -0.4 is 10.6 Å². The van der Waals surface area contributed by atoms with Crippen LogP contribution in [0, 0.1) is 0 Å². The molecule has 0 unspecified atom stereocenters. The van der Waals surface area contributed by atoms with Crippen LogP contribution in [0.1, 0.15) is 25.7 Å². The zero-order chi connectivity index (χ0) is 13.5. The third-order valence-corrected chi connectivity index (χ3v) is 3.03. The normalized spacial score (nSPS) is 15.2. The van der Waals surface area contributed by atoms with Crippen molar-refractivity contribution < 1.29 is 19.5 Å². The van der Waals surface area contributed by atoms with Crippen molar-refractivity contribution in [2.75, 3.05) is 20.1 Å². The van der Waals surface area contributed by atoms with Gasteiger partial charge in [0, 0.05) is 13.1 Å². The van der Waals surface area contributed by atoms with Crippen LogP contribution >= 0.6 is 0 Å². The number of aliphatic carboxylic acids is 1. The lowest BCUT2D eigenvalue weighted by Crippen LogP contribution is -2.46. The van der Waals surface area contributed by atoms with Crippen LogP contribution in [0.25, 0.3) is 0 Å². The molecule has 0 aromatic heterocycles. The highest BCUT2D eigenvalue weighted by atomic mass is 16.4. The monoisotopic (exact) mass is 257 g/mol. The summed E-state index contributed by atoms with van der Waals surface area (Å²) in [7, 11) is 1.71. The third kappa shape index (κ3) is 4.60. The van der Waals surface area contributed by atoms with E-state index in [0.717, 1.165) is 25.7 Å². The van der Waals surface area contributed by atoms with Crippen molar-refractivity contribution in [1.82, 2.24) is 15.5 Å². The molecule has 1 saturated carbocycles. The van der Waals surface area contributed by atoms with E-state index < -0.39 is 18.4 Å². The predicted octanol–water partition coefficient (Wildman–Crippen LogP) is -0.229. The first-order valence-electron chi connectivity index (χ1n) is 6.00. The standard InChI is InChI=1S/C11H19N3O4/c1-14(8-4-2-3-5-8)11(18)13-6-9(15)12-7-10(16)17/h8H,2-7H2,1H3,(H,12,15)(H,13,18)(H,16,17). The maximum Gasteiger partial charge on any atom is 0.322 e. The number of carbonyl (C=O) groups excluding carboxylic acids is 2. The van der Waals surface area contributed by atoms with Gasteiger partial charge in [0.15, 0.2) is 0 Å². The number of nitrogens with zero attached hydrogens (tertiary/aromatic N) is 1. The number of carboxylic acid groups (broad SMARTS) is 1. The number of nitrogens with one attached hydrogen (secondary N) is 2. The van der Waals surface area contributed by atoms with Gasteiger partial charge in [0.2, 0.25) is 5.91 Å².